The highest BCUT2D eigenvalue weighted by Crippen LogP contribution is 2.23. The van der Waals surface area contributed by atoms with E-state index in [1.165, 1.54) is 11.3 Å². The zero-order chi connectivity index (χ0) is 7.68. The summed E-state index contributed by atoms with van der Waals surface area (Å²) < 4.78 is 0. The Bertz CT molecular complexity index is 389. The summed E-state index contributed by atoms with van der Waals surface area (Å²) in [5.41, 5.74) is 0. The minimum atomic E-state index is 0.820. The molecule has 2 rings (SSSR count). The fourth-order valence-corrected chi connectivity index (χ4v) is 1.93. The van der Waals surface area contributed by atoms with Gasteiger partial charge in [0.05, 0.1) is 4.88 Å². The second-order valence-corrected chi connectivity index (χ2v) is 3.22. The molecule has 0 aliphatic carbocycles. The van der Waals surface area contributed by atoms with Crippen LogP contribution in [0.4, 0.5) is 0 Å². The summed E-state index contributed by atoms with van der Waals surface area (Å²) in [6.45, 7) is 0. The highest BCUT2D eigenvalue weighted by molar-refractivity contribution is 7.13. The predicted molar refractivity (Wildman–Crippen MR) is 47.2 cm³/mol. The second-order valence-electron chi connectivity index (χ2n) is 2.31. The van der Waals surface area contributed by atoms with E-state index in [9.17, 15) is 4.79 Å². The van der Waals surface area contributed by atoms with E-state index in [4.69, 9.17) is 0 Å². The lowest BCUT2D eigenvalue weighted by Crippen LogP contribution is -1.70. The van der Waals surface area contributed by atoms with E-state index < -0.39 is 0 Å². The van der Waals surface area contributed by atoms with Gasteiger partial charge in [-0.3, -0.25) is 4.79 Å². The molecule has 54 valence electrons. The fourth-order valence-electron chi connectivity index (χ4n) is 1.11. The van der Waals surface area contributed by atoms with Crippen molar-refractivity contribution in [2.45, 2.75) is 0 Å². The Morgan fingerprint density at radius 3 is 2.91 bits per heavy atom. The number of hydrogen-bond donors (Lipinski definition) is 0. The van der Waals surface area contributed by atoms with E-state index in [0.29, 0.717) is 0 Å². The Morgan fingerprint density at radius 1 is 1.27 bits per heavy atom. The van der Waals surface area contributed by atoms with Gasteiger partial charge in [0.25, 0.3) is 0 Å². The molecule has 11 heavy (non-hydrogen) atoms. The first-order chi connectivity index (χ1) is 5.42. The number of fused-ring (bicyclic) bond motifs is 1. The van der Waals surface area contributed by atoms with Crippen LogP contribution in [0, 0.1) is 0 Å². The van der Waals surface area contributed by atoms with Crippen molar-refractivity contribution in [3.05, 3.63) is 34.5 Å². The van der Waals surface area contributed by atoms with Gasteiger partial charge in [0.15, 0.2) is 6.29 Å². The zero-order valence-electron chi connectivity index (χ0n) is 5.78. The summed E-state index contributed by atoms with van der Waals surface area (Å²) in [4.78, 5) is 11.3. The number of hydrogen-bond acceptors (Lipinski definition) is 2. The van der Waals surface area contributed by atoms with Gasteiger partial charge in [-0.25, -0.2) is 0 Å². The molecule has 0 bridgehead atoms. The SMILES string of the molecule is O=Cc1scc2ccccc12. The van der Waals surface area contributed by atoms with E-state index in [1.807, 2.05) is 29.6 Å². The Balaban J connectivity index is 2.86. The minimum Gasteiger partial charge on any atom is -0.297 e. The molecule has 1 nitrogen and oxygen atoms in total. The van der Waals surface area contributed by atoms with E-state index in [0.717, 1.165) is 21.9 Å². The van der Waals surface area contributed by atoms with Gasteiger partial charge in [0, 0.05) is 5.39 Å². The molecule has 2 aromatic rings. The molecule has 1 aromatic heterocycles. The van der Waals surface area contributed by atoms with Gasteiger partial charge in [0.1, 0.15) is 0 Å². The molecule has 0 fully saturated rings. The van der Waals surface area contributed by atoms with Crippen molar-refractivity contribution in [3.8, 4) is 0 Å². The number of benzene rings is 1. The smallest absolute Gasteiger partial charge is 0.160 e. The van der Waals surface area contributed by atoms with Crippen LogP contribution in [0.3, 0.4) is 0 Å². The quantitative estimate of drug-likeness (QED) is 0.589. The fraction of sp³-hybridized carbons (Fsp3) is 0. The lowest BCUT2D eigenvalue weighted by molar-refractivity contribution is 0.112. The van der Waals surface area contributed by atoms with Gasteiger partial charge in [-0.1, -0.05) is 24.3 Å². The van der Waals surface area contributed by atoms with Crippen LogP contribution in [0.15, 0.2) is 29.6 Å². The van der Waals surface area contributed by atoms with Crippen molar-refractivity contribution in [1.82, 2.24) is 0 Å². The van der Waals surface area contributed by atoms with Crippen LogP contribution in [-0.4, -0.2) is 6.29 Å². The van der Waals surface area contributed by atoms with Crippen LogP contribution >= 0.6 is 11.3 Å². The summed E-state index contributed by atoms with van der Waals surface area (Å²) in [6, 6.07) is 7.90. The van der Waals surface area contributed by atoms with Crippen molar-refractivity contribution in [1.29, 1.82) is 0 Å². The zero-order valence-corrected chi connectivity index (χ0v) is 6.60. The normalized spacial score (nSPS) is 10.2. The molecular formula is C9H6OS. The van der Waals surface area contributed by atoms with Crippen LogP contribution in [0.25, 0.3) is 10.8 Å². The highest BCUT2D eigenvalue weighted by Gasteiger charge is 1.99. The maximum Gasteiger partial charge on any atom is 0.160 e. The highest BCUT2D eigenvalue weighted by atomic mass is 32.1. The molecule has 0 saturated heterocycles. The summed E-state index contributed by atoms with van der Waals surface area (Å²) in [5.74, 6) is 0. The second kappa shape index (κ2) is 2.47. The van der Waals surface area contributed by atoms with Crippen LogP contribution < -0.4 is 0 Å². The molecular weight excluding hydrogens is 156 g/mol. The Kier molecular flexibility index (Phi) is 1.47. The Labute approximate surface area is 68.3 Å². The molecule has 0 aliphatic rings. The van der Waals surface area contributed by atoms with Gasteiger partial charge < -0.3 is 0 Å². The van der Waals surface area contributed by atoms with Crippen molar-refractivity contribution in [2.75, 3.05) is 0 Å². The first-order valence-electron chi connectivity index (χ1n) is 3.33. The average molecular weight is 162 g/mol. The molecule has 0 saturated carbocycles. The maximum atomic E-state index is 10.5. The van der Waals surface area contributed by atoms with Crippen molar-refractivity contribution in [2.24, 2.45) is 0 Å². The maximum absolute atomic E-state index is 10.5. The van der Waals surface area contributed by atoms with Gasteiger partial charge in [-0.05, 0) is 10.8 Å². The van der Waals surface area contributed by atoms with E-state index in [1.54, 1.807) is 0 Å². The van der Waals surface area contributed by atoms with Crippen LogP contribution in [0.2, 0.25) is 0 Å². The lowest BCUT2D eigenvalue weighted by atomic mass is 10.2. The van der Waals surface area contributed by atoms with Crippen molar-refractivity contribution in [3.63, 3.8) is 0 Å². The third-order valence-electron chi connectivity index (χ3n) is 1.65. The van der Waals surface area contributed by atoms with Gasteiger partial charge in [-0.2, -0.15) is 0 Å². The van der Waals surface area contributed by atoms with Gasteiger partial charge >= 0.3 is 0 Å². The van der Waals surface area contributed by atoms with E-state index in [2.05, 4.69) is 0 Å². The summed E-state index contributed by atoms with van der Waals surface area (Å²) in [7, 11) is 0. The number of thiophene rings is 1. The molecule has 0 spiro atoms. The standard InChI is InChI=1S/C9H6OS/c10-5-9-8-4-2-1-3-7(8)6-11-9/h1-6H. The molecule has 1 aromatic carbocycles. The molecule has 0 amide bonds. The van der Waals surface area contributed by atoms with Gasteiger partial charge in [-0.15, -0.1) is 11.3 Å². The lowest BCUT2D eigenvalue weighted by Gasteiger charge is -1.86. The predicted octanol–water partition coefficient (Wildman–Crippen LogP) is 2.71. The molecule has 0 atom stereocenters. The minimum absolute atomic E-state index is 0.820. The summed E-state index contributed by atoms with van der Waals surface area (Å²) in [6.07, 6.45) is 0.910. The molecule has 0 N–H and O–H groups in total. The van der Waals surface area contributed by atoms with Crippen LogP contribution in [0.5, 0.6) is 0 Å². The van der Waals surface area contributed by atoms with Crippen LogP contribution in [0.1, 0.15) is 9.67 Å². The summed E-state index contributed by atoms with van der Waals surface area (Å²) in [5, 5.41) is 4.21. The first-order valence-corrected chi connectivity index (χ1v) is 4.21. The topological polar surface area (TPSA) is 17.1 Å². The third-order valence-corrected chi connectivity index (χ3v) is 2.59. The Morgan fingerprint density at radius 2 is 2.09 bits per heavy atom. The molecule has 0 radical (unpaired) electrons. The molecule has 2 heteroatoms. The molecule has 0 aliphatic heterocycles. The molecule has 0 unspecified atom stereocenters. The average Bonchev–Trinajstić information content (AvgIpc) is 2.47. The summed E-state index contributed by atoms with van der Waals surface area (Å²) >= 11 is 1.49. The van der Waals surface area contributed by atoms with Crippen molar-refractivity contribution < 1.29 is 4.79 Å². The van der Waals surface area contributed by atoms with E-state index >= 15 is 0 Å². The number of rotatable bonds is 1. The third kappa shape index (κ3) is 0.955. The molecule has 1 heterocycles. The first kappa shape index (κ1) is 6.55. The monoisotopic (exact) mass is 162 g/mol. The van der Waals surface area contributed by atoms with Crippen LogP contribution in [-0.2, 0) is 0 Å². The Hall–Kier alpha value is -1.15. The number of carbonyl (C=O) groups excluding carboxylic acids is 1. The van der Waals surface area contributed by atoms with E-state index in [-0.39, 0.29) is 0 Å². The van der Waals surface area contributed by atoms with Gasteiger partial charge in [0.2, 0.25) is 0 Å². The van der Waals surface area contributed by atoms with Crippen molar-refractivity contribution >= 4 is 28.4 Å². The number of carbonyl (C=O) groups is 1. The largest absolute Gasteiger partial charge is 0.297 e. The number of aldehydes is 1.